The number of aliphatic hydroxyl groups is 1. The summed E-state index contributed by atoms with van der Waals surface area (Å²) in [7, 11) is 1.99. The topological polar surface area (TPSA) is 38.7 Å². The molecule has 1 heterocycles. The van der Waals surface area contributed by atoms with Gasteiger partial charge in [0.05, 0.1) is 6.61 Å². The van der Waals surface area contributed by atoms with E-state index in [9.17, 15) is 0 Å². The zero-order valence-corrected chi connectivity index (χ0v) is 9.37. The highest BCUT2D eigenvalue weighted by atomic mass is 16.3. The first-order chi connectivity index (χ1) is 6.77. The van der Waals surface area contributed by atoms with E-state index in [0.717, 1.165) is 39.3 Å². The van der Waals surface area contributed by atoms with Gasteiger partial charge in [-0.1, -0.05) is 0 Å². The number of nitrogens with one attached hydrogen (secondary N) is 1. The first-order valence-corrected chi connectivity index (χ1v) is 5.49. The first-order valence-electron chi connectivity index (χ1n) is 5.49. The second-order valence-electron chi connectivity index (χ2n) is 4.01. The molecule has 1 atom stereocenters. The normalized spacial score (nSPS) is 22.5. The summed E-state index contributed by atoms with van der Waals surface area (Å²) in [5.41, 5.74) is 0. The predicted octanol–water partition coefficient (Wildman–Crippen LogP) is -0.796. The molecule has 1 aliphatic rings. The van der Waals surface area contributed by atoms with Crippen molar-refractivity contribution < 1.29 is 5.11 Å². The lowest BCUT2D eigenvalue weighted by Gasteiger charge is -2.37. The molecular weight excluding hydrogens is 178 g/mol. The van der Waals surface area contributed by atoms with Crippen LogP contribution in [-0.2, 0) is 0 Å². The van der Waals surface area contributed by atoms with Crippen LogP contribution < -0.4 is 5.32 Å². The van der Waals surface area contributed by atoms with E-state index in [1.54, 1.807) is 0 Å². The van der Waals surface area contributed by atoms with Gasteiger partial charge in [-0.05, 0) is 14.0 Å². The van der Waals surface area contributed by atoms with E-state index in [1.165, 1.54) is 0 Å². The van der Waals surface area contributed by atoms with Crippen LogP contribution in [-0.4, -0.2) is 73.9 Å². The Morgan fingerprint density at radius 2 is 1.93 bits per heavy atom. The lowest BCUT2D eigenvalue weighted by Crippen LogP contribution is -2.51. The van der Waals surface area contributed by atoms with Gasteiger partial charge in [-0.25, -0.2) is 0 Å². The van der Waals surface area contributed by atoms with E-state index in [2.05, 4.69) is 22.0 Å². The highest BCUT2D eigenvalue weighted by Crippen LogP contribution is 2.05. The SMILES string of the molecule is CNCCN1CCN(C(C)CO)CC1. The summed E-state index contributed by atoms with van der Waals surface area (Å²) in [4.78, 5) is 4.83. The molecule has 1 fully saturated rings. The van der Waals surface area contributed by atoms with Crippen LogP contribution in [0.5, 0.6) is 0 Å². The molecule has 1 aliphatic heterocycles. The first kappa shape index (κ1) is 11.9. The van der Waals surface area contributed by atoms with E-state index in [1.807, 2.05) is 7.05 Å². The quantitative estimate of drug-likeness (QED) is 0.611. The van der Waals surface area contributed by atoms with Gasteiger partial charge in [-0.3, -0.25) is 9.80 Å². The molecule has 0 aliphatic carbocycles. The van der Waals surface area contributed by atoms with Crippen LogP contribution >= 0.6 is 0 Å². The molecule has 4 nitrogen and oxygen atoms in total. The van der Waals surface area contributed by atoms with Crippen LogP contribution in [0.4, 0.5) is 0 Å². The van der Waals surface area contributed by atoms with Gasteiger partial charge >= 0.3 is 0 Å². The number of piperazine rings is 1. The lowest BCUT2D eigenvalue weighted by molar-refractivity contribution is 0.0740. The molecule has 2 N–H and O–H groups in total. The van der Waals surface area contributed by atoms with Crippen molar-refractivity contribution >= 4 is 0 Å². The van der Waals surface area contributed by atoms with Crippen LogP contribution in [0.1, 0.15) is 6.92 Å². The third-order valence-electron chi connectivity index (χ3n) is 2.97. The zero-order valence-electron chi connectivity index (χ0n) is 9.37. The summed E-state index contributed by atoms with van der Waals surface area (Å²) in [6, 6.07) is 0.321. The summed E-state index contributed by atoms with van der Waals surface area (Å²) in [6.45, 7) is 9.00. The Kier molecular flexibility index (Phi) is 5.40. The van der Waals surface area contributed by atoms with E-state index in [4.69, 9.17) is 5.11 Å². The van der Waals surface area contributed by atoms with Gasteiger partial charge in [0.15, 0.2) is 0 Å². The number of aliphatic hydroxyl groups excluding tert-OH is 1. The zero-order chi connectivity index (χ0) is 10.4. The molecule has 0 amide bonds. The number of rotatable bonds is 5. The van der Waals surface area contributed by atoms with Crippen LogP contribution in [0.25, 0.3) is 0 Å². The summed E-state index contributed by atoms with van der Waals surface area (Å²) < 4.78 is 0. The van der Waals surface area contributed by atoms with Gasteiger partial charge < -0.3 is 10.4 Å². The molecule has 0 aromatic heterocycles. The Labute approximate surface area is 86.9 Å². The molecule has 4 heteroatoms. The third kappa shape index (κ3) is 3.53. The Hall–Kier alpha value is -0.160. The summed E-state index contributed by atoms with van der Waals surface area (Å²) in [5.74, 6) is 0. The Morgan fingerprint density at radius 3 is 2.43 bits per heavy atom. The van der Waals surface area contributed by atoms with Crippen molar-refractivity contribution in [2.45, 2.75) is 13.0 Å². The minimum Gasteiger partial charge on any atom is -0.395 e. The highest BCUT2D eigenvalue weighted by Gasteiger charge is 2.19. The molecule has 0 aromatic rings. The van der Waals surface area contributed by atoms with Crippen LogP contribution in [0.2, 0.25) is 0 Å². The predicted molar refractivity (Wildman–Crippen MR) is 58.5 cm³/mol. The number of nitrogens with zero attached hydrogens (tertiary/aromatic N) is 2. The number of likely N-dealkylation sites (N-methyl/N-ethyl adjacent to an activating group) is 1. The Bertz CT molecular complexity index is 146. The van der Waals surface area contributed by atoms with Gasteiger partial charge in [-0.15, -0.1) is 0 Å². The molecular formula is C10H23N3O. The fourth-order valence-corrected chi connectivity index (χ4v) is 1.81. The second kappa shape index (κ2) is 6.35. The summed E-state index contributed by atoms with van der Waals surface area (Å²) >= 11 is 0. The van der Waals surface area contributed by atoms with E-state index in [-0.39, 0.29) is 6.61 Å². The average molecular weight is 201 g/mol. The average Bonchev–Trinajstić information content (AvgIpc) is 2.26. The maximum absolute atomic E-state index is 9.03. The highest BCUT2D eigenvalue weighted by molar-refractivity contribution is 4.75. The minimum absolute atomic E-state index is 0.274. The molecule has 1 rings (SSSR count). The van der Waals surface area contributed by atoms with Crippen molar-refractivity contribution in [1.29, 1.82) is 0 Å². The number of hydrogen-bond acceptors (Lipinski definition) is 4. The largest absolute Gasteiger partial charge is 0.395 e. The Morgan fingerprint density at radius 1 is 1.29 bits per heavy atom. The maximum atomic E-state index is 9.03. The second-order valence-corrected chi connectivity index (χ2v) is 4.01. The molecule has 0 bridgehead atoms. The van der Waals surface area contributed by atoms with Gasteiger partial charge in [0.1, 0.15) is 0 Å². The lowest BCUT2D eigenvalue weighted by atomic mass is 10.2. The van der Waals surface area contributed by atoms with Crippen LogP contribution in [0.3, 0.4) is 0 Å². The van der Waals surface area contributed by atoms with Crippen molar-refractivity contribution in [2.75, 3.05) is 52.9 Å². The van der Waals surface area contributed by atoms with Crippen molar-refractivity contribution in [2.24, 2.45) is 0 Å². The van der Waals surface area contributed by atoms with Gasteiger partial charge in [0, 0.05) is 45.3 Å². The van der Waals surface area contributed by atoms with Crippen LogP contribution in [0.15, 0.2) is 0 Å². The molecule has 0 aromatic carbocycles. The minimum atomic E-state index is 0.274. The molecule has 84 valence electrons. The standard InChI is InChI=1S/C10H23N3O/c1-10(9-14)13-7-5-12(6-8-13)4-3-11-2/h10-11,14H,3-9H2,1-2H3. The van der Waals surface area contributed by atoms with Crippen molar-refractivity contribution in [3.05, 3.63) is 0 Å². The van der Waals surface area contributed by atoms with Gasteiger partial charge in [0.2, 0.25) is 0 Å². The number of hydrogen-bond donors (Lipinski definition) is 2. The molecule has 0 spiro atoms. The molecule has 1 saturated heterocycles. The molecule has 0 saturated carbocycles. The van der Waals surface area contributed by atoms with Crippen molar-refractivity contribution in [3.63, 3.8) is 0 Å². The fourth-order valence-electron chi connectivity index (χ4n) is 1.81. The van der Waals surface area contributed by atoms with Crippen molar-refractivity contribution in [1.82, 2.24) is 15.1 Å². The Balaban J connectivity index is 2.17. The fraction of sp³-hybridized carbons (Fsp3) is 1.00. The smallest absolute Gasteiger partial charge is 0.0584 e. The summed E-state index contributed by atoms with van der Waals surface area (Å²) in [6.07, 6.45) is 0. The maximum Gasteiger partial charge on any atom is 0.0584 e. The molecule has 1 unspecified atom stereocenters. The third-order valence-corrected chi connectivity index (χ3v) is 2.97. The molecule has 0 radical (unpaired) electrons. The van der Waals surface area contributed by atoms with Crippen molar-refractivity contribution in [3.8, 4) is 0 Å². The van der Waals surface area contributed by atoms with E-state index >= 15 is 0 Å². The monoisotopic (exact) mass is 201 g/mol. The molecule has 14 heavy (non-hydrogen) atoms. The summed E-state index contributed by atoms with van der Waals surface area (Å²) in [5, 5.41) is 12.2. The van der Waals surface area contributed by atoms with Gasteiger partial charge in [0.25, 0.3) is 0 Å². The van der Waals surface area contributed by atoms with Crippen LogP contribution in [0, 0.1) is 0 Å². The van der Waals surface area contributed by atoms with E-state index < -0.39 is 0 Å². The van der Waals surface area contributed by atoms with Gasteiger partial charge in [-0.2, -0.15) is 0 Å². The van der Waals surface area contributed by atoms with E-state index in [0.29, 0.717) is 6.04 Å².